The molecule has 1 saturated heterocycles. The number of nitrogens with one attached hydrogen (secondary N) is 1. The van der Waals surface area contributed by atoms with Gasteiger partial charge >= 0.3 is 0 Å². The van der Waals surface area contributed by atoms with E-state index in [9.17, 15) is 4.79 Å². The normalized spacial score (nSPS) is 25.6. The number of carbonyl (C=O) groups excluding carboxylic acids is 1. The fraction of sp³-hybridized carbons (Fsp3) is 0.588. The largest absolute Gasteiger partial charge is 0.383 e. The van der Waals surface area contributed by atoms with Crippen molar-refractivity contribution in [3.05, 3.63) is 35.4 Å². The molecule has 4 heteroatoms. The predicted molar refractivity (Wildman–Crippen MR) is 84.0 cm³/mol. The van der Waals surface area contributed by atoms with Gasteiger partial charge in [0.05, 0.1) is 12.1 Å². The first-order valence-electron chi connectivity index (χ1n) is 7.72. The number of carbonyl (C=O) groups is 1. The molecule has 0 spiro atoms. The number of amides is 1. The van der Waals surface area contributed by atoms with Crippen molar-refractivity contribution in [3.8, 4) is 0 Å². The van der Waals surface area contributed by atoms with E-state index in [1.165, 1.54) is 5.56 Å². The fourth-order valence-electron chi connectivity index (χ4n) is 2.75. The molecule has 2 rings (SSSR count). The SMILES string of the molecule is CCc1ccc(C2NC(C)(CC)C(=O)N2CCOC)cc1. The molecule has 1 aromatic carbocycles. The molecular formula is C17H26N2O2. The van der Waals surface area contributed by atoms with Crippen molar-refractivity contribution < 1.29 is 9.53 Å². The molecule has 0 saturated carbocycles. The number of ether oxygens (including phenoxy) is 1. The van der Waals surface area contributed by atoms with Gasteiger partial charge in [-0.3, -0.25) is 10.1 Å². The van der Waals surface area contributed by atoms with Crippen LogP contribution < -0.4 is 5.32 Å². The Balaban J connectivity index is 2.27. The summed E-state index contributed by atoms with van der Waals surface area (Å²) >= 11 is 0. The number of hydrogen-bond donors (Lipinski definition) is 1. The molecule has 116 valence electrons. The van der Waals surface area contributed by atoms with Gasteiger partial charge in [-0.15, -0.1) is 0 Å². The molecule has 2 unspecified atom stereocenters. The van der Waals surface area contributed by atoms with E-state index < -0.39 is 5.54 Å². The lowest BCUT2D eigenvalue weighted by Crippen LogP contribution is -2.43. The van der Waals surface area contributed by atoms with Gasteiger partial charge in [0.2, 0.25) is 5.91 Å². The van der Waals surface area contributed by atoms with E-state index in [-0.39, 0.29) is 12.1 Å². The van der Waals surface area contributed by atoms with Crippen LogP contribution in [0.1, 0.15) is 44.5 Å². The van der Waals surface area contributed by atoms with E-state index in [1.807, 2.05) is 18.7 Å². The Morgan fingerprint density at radius 2 is 1.95 bits per heavy atom. The third kappa shape index (κ3) is 3.11. The first-order chi connectivity index (χ1) is 10.1. The summed E-state index contributed by atoms with van der Waals surface area (Å²) in [5, 5.41) is 3.50. The van der Waals surface area contributed by atoms with Crippen LogP contribution in [0.4, 0.5) is 0 Å². The molecule has 0 radical (unpaired) electrons. The van der Waals surface area contributed by atoms with Crippen molar-refractivity contribution in [1.29, 1.82) is 0 Å². The summed E-state index contributed by atoms with van der Waals surface area (Å²) in [5.74, 6) is 0.159. The standard InChI is InChI=1S/C17H26N2O2/c1-5-13-7-9-14(10-8-13)15-18-17(3,6-2)16(20)19(15)11-12-21-4/h7-10,15,18H,5-6,11-12H2,1-4H3. The first kappa shape index (κ1) is 16.0. The van der Waals surface area contributed by atoms with E-state index in [2.05, 4.69) is 36.5 Å². The molecule has 0 aromatic heterocycles. The highest BCUT2D eigenvalue weighted by atomic mass is 16.5. The second-order valence-corrected chi connectivity index (χ2v) is 5.82. The van der Waals surface area contributed by atoms with Gasteiger partial charge in [-0.05, 0) is 30.9 Å². The van der Waals surface area contributed by atoms with Crippen LogP contribution in [-0.2, 0) is 16.0 Å². The number of methoxy groups -OCH3 is 1. The van der Waals surface area contributed by atoms with E-state index in [0.29, 0.717) is 13.2 Å². The highest BCUT2D eigenvalue weighted by Crippen LogP contribution is 2.32. The van der Waals surface area contributed by atoms with Crippen molar-refractivity contribution >= 4 is 5.91 Å². The van der Waals surface area contributed by atoms with Crippen LogP contribution in [-0.4, -0.2) is 36.6 Å². The van der Waals surface area contributed by atoms with E-state index >= 15 is 0 Å². The Labute approximate surface area is 127 Å². The third-order valence-electron chi connectivity index (χ3n) is 4.45. The van der Waals surface area contributed by atoms with Crippen molar-refractivity contribution in [3.63, 3.8) is 0 Å². The topological polar surface area (TPSA) is 41.6 Å². The highest BCUT2D eigenvalue weighted by molar-refractivity contribution is 5.88. The Hall–Kier alpha value is -1.39. The number of benzene rings is 1. The lowest BCUT2D eigenvalue weighted by atomic mass is 9.99. The van der Waals surface area contributed by atoms with Crippen LogP contribution in [0.3, 0.4) is 0 Å². The maximum Gasteiger partial charge on any atom is 0.244 e. The summed E-state index contributed by atoms with van der Waals surface area (Å²) in [6.07, 6.45) is 1.74. The van der Waals surface area contributed by atoms with Crippen molar-refractivity contribution in [2.24, 2.45) is 0 Å². The average Bonchev–Trinajstić information content (AvgIpc) is 2.78. The van der Waals surface area contributed by atoms with Crippen LogP contribution in [0.25, 0.3) is 0 Å². The predicted octanol–water partition coefficient (Wildman–Crippen LogP) is 2.49. The van der Waals surface area contributed by atoms with Crippen LogP contribution >= 0.6 is 0 Å². The molecule has 1 heterocycles. The minimum Gasteiger partial charge on any atom is -0.383 e. The van der Waals surface area contributed by atoms with Gasteiger partial charge in [0.1, 0.15) is 6.17 Å². The van der Waals surface area contributed by atoms with E-state index in [4.69, 9.17) is 4.74 Å². The Kier molecular flexibility index (Phi) is 5.01. The van der Waals surface area contributed by atoms with E-state index in [0.717, 1.165) is 18.4 Å². The van der Waals surface area contributed by atoms with Gasteiger partial charge in [0, 0.05) is 13.7 Å². The molecule has 0 bridgehead atoms. The number of aryl methyl sites for hydroxylation is 1. The summed E-state index contributed by atoms with van der Waals surface area (Å²) in [4.78, 5) is 14.6. The lowest BCUT2D eigenvalue weighted by Gasteiger charge is -2.24. The highest BCUT2D eigenvalue weighted by Gasteiger charge is 2.46. The third-order valence-corrected chi connectivity index (χ3v) is 4.45. The van der Waals surface area contributed by atoms with Gasteiger partial charge in [-0.25, -0.2) is 0 Å². The van der Waals surface area contributed by atoms with Crippen molar-refractivity contribution in [2.45, 2.75) is 45.3 Å². The molecule has 1 amide bonds. The summed E-state index contributed by atoms with van der Waals surface area (Å²) in [5.41, 5.74) is 1.96. The molecule has 1 aliphatic heterocycles. The van der Waals surface area contributed by atoms with Gasteiger partial charge in [-0.2, -0.15) is 0 Å². The minimum atomic E-state index is -0.484. The monoisotopic (exact) mass is 290 g/mol. The zero-order chi connectivity index (χ0) is 15.5. The zero-order valence-corrected chi connectivity index (χ0v) is 13.5. The molecule has 2 atom stereocenters. The minimum absolute atomic E-state index is 0.0662. The second kappa shape index (κ2) is 6.58. The van der Waals surface area contributed by atoms with Crippen molar-refractivity contribution in [1.82, 2.24) is 10.2 Å². The molecule has 1 fully saturated rings. The molecule has 0 aliphatic carbocycles. The smallest absolute Gasteiger partial charge is 0.244 e. The summed E-state index contributed by atoms with van der Waals surface area (Å²) in [7, 11) is 1.66. The lowest BCUT2D eigenvalue weighted by molar-refractivity contribution is -0.133. The Bertz CT molecular complexity index is 486. The molecular weight excluding hydrogens is 264 g/mol. The Morgan fingerprint density at radius 1 is 1.29 bits per heavy atom. The zero-order valence-electron chi connectivity index (χ0n) is 13.5. The molecule has 4 nitrogen and oxygen atoms in total. The molecule has 1 N–H and O–H groups in total. The van der Waals surface area contributed by atoms with E-state index in [1.54, 1.807) is 7.11 Å². The fourth-order valence-corrected chi connectivity index (χ4v) is 2.75. The quantitative estimate of drug-likeness (QED) is 0.875. The van der Waals surface area contributed by atoms with Crippen LogP contribution in [0.15, 0.2) is 24.3 Å². The maximum atomic E-state index is 12.7. The first-order valence-corrected chi connectivity index (χ1v) is 7.72. The summed E-state index contributed by atoms with van der Waals surface area (Å²) in [6.45, 7) is 7.33. The summed E-state index contributed by atoms with van der Waals surface area (Å²) < 4.78 is 5.15. The van der Waals surface area contributed by atoms with Gasteiger partial charge in [0.25, 0.3) is 0 Å². The van der Waals surface area contributed by atoms with Crippen LogP contribution in [0, 0.1) is 0 Å². The molecule has 1 aromatic rings. The van der Waals surface area contributed by atoms with Crippen LogP contribution in [0.5, 0.6) is 0 Å². The number of nitrogens with zero attached hydrogens (tertiary/aromatic N) is 1. The molecule has 1 aliphatic rings. The average molecular weight is 290 g/mol. The number of hydrogen-bond acceptors (Lipinski definition) is 3. The van der Waals surface area contributed by atoms with Crippen molar-refractivity contribution in [2.75, 3.05) is 20.3 Å². The van der Waals surface area contributed by atoms with Crippen LogP contribution in [0.2, 0.25) is 0 Å². The summed E-state index contributed by atoms with van der Waals surface area (Å²) in [6, 6.07) is 8.51. The maximum absolute atomic E-state index is 12.7. The Morgan fingerprint density at radius 3 is 2.48 bits per heavy atom. The second-order valence-electron chi connectivity index (χ2n) is 5.82. The number of rotatable bonds is 6. The van der Waals surface area contributed by atoms with Gasteiger partial charge in [0.15, 0.2) is 0 Å². The van der Waals surface area contributed by atoms with Gasteiger partial charge in [-0.1, -0.05) is 38.1 Å². The van der Waals surface area contributed by atoms with Gasteiger partial charge < -0.3 is 9.64 Å². The molecule has 21 heavy (non-hydrogen) atoms.